The lowest BCUT2D eigenvalue weighted by Gasteiger charge is -2.37. The second kappa shape index (κ2) is 13.5. The Kier molecular flexibility index (Phi) is 10.4. The number of carboxylic acid groups (broad SMARTS) is 1. The number of aromatic nitrogens is 2. The van der Waals surface area contributed by atoms with Gasteiger partial charge in [0.25, 0.3) is 0 Å². The fraction of sp³-hybridized carbons (Fsp3) is 0.464. The molecule has 36 heavy (non-hydrogen) atoms. The maximum absolute atomic E-state index is 12.1. The number of quaternary nitrogens is 1. The van der Waals surface area contributed by atoms with Gasteiger partial charge in [-0.1, -0.05) is 67.8 Å². The van der Waals surface area contributed by atoms with E-state index in [4.69, 9.17) is 19.6 Å². The molecule has 0 radical (unpaired) electrons. The Balaban J connectivity index is 0.00000115. The first-order valence-corrected chi connectivity index (χ1v) is 13.3. The molecular formula is C28H37N3O4S. The summed E-state index contributed by atoms with van der Waals surface area (Å²) in [6.07, 6.45) is 6.60. The lowest BCUT2D eigenvalue weighted by molar-refractivity contribution is -0.904. The maximum Gasteiger partial charge on any atom is 0.197 e. The van der Waals surface area contributed by atoms with E-state index in [0.29, 0.717) is 6.61 Å². The summed E-state index contributed by atoms with van der Waals surface area (Å²) in [4.78, 5) is 13.2. The SMILES string of the molecule is C[N+](C)(CCCOc1ccccc1)Cc1nsc(C(O)(c2ccccc2)C2CCCCC2)n1.O=C[O-]. The number of benzene rings is 2. The van der Waals surface area contributed by atoms with Gasteiger partial charge in [-0.25, -0.2) is 4.98 Å². The quantitative estimate of drug-likeness (QED) is 0.253. The second-order valence-corrected chi connectivity index (χ2v) is 10.7. The summed E-state index contributed by atoms with van der Waals surface area (Å²) in [5, 5.41) is 21.0. The summed E-state index contributed by atoms with van der Waals surface area (Å²) < 4.78 is 11.3. The molecular weight excluding hydrogens is 474 g/mol. The molecule has 1 atom stereocenters. The molecule has 0 amide bonds. The number of rotatable bonds is 10. The molecule has 1 N–H and O–H groups in total. The van der Waals surface area contributed by atoms with Gasteiger partial charge in [0.2, 0.25) is 0 Å². The maximum atomic E-state index is 12.1. The largest absolute Gasteiger partial charge is 0.554 e. The van der Waals surface area contributed by atoms with Gasteiger partial charge in [-0.3, -0.25) is 0 Å². The Labute approximate surface area is 218 Å². The lowest BCUT2D eigenvalue weighted by Crippen LogP contribution is -2.41. The third-order valence-electron chi connectivity index (χ3n) is 6.69. The molecule has 7 nitrogen and oxygen atoms in total. The minimum atomic E-state index is -1.06. The first kappa shape index (κ1) is 27.8. The molecule has 0 aliphatic heterocycles. The van der Waals surface area contributed by atoms with Crippen LogP contribution in [0.4, 0.5) is 0 Å². The van der Waals surface area contributed by atoms with Crippen LogP contribution >= 0.6 is 11.5 Å². The highest BCUT2D eigenvalue weighted by Crippen LogP contribution is 2.44. The van der Waals surface area contributed by atoms with E-state index in [2.05, 4.69) is 18.5 Å². The van der Waals surface area contributed by atoms with Crippen LogP contribution in [0.1, 0.15) is 54.9 Å². The van der Waals surface area contributed by atoms with Gasteiger partial charge >= 0.3 is 0 Å². The lowest BCUT2D eigenvalue weighted by atomic mass is 9.73. The molecule has 1 fully saturated rings. The molecule has 1 unspecified atom stereocenters. The average molecular weight is 512 g/mol. The van der Waals surface area contributed by atoms with Crippen LogP contribution in [0.5, 0.6) is 5.75 Å². The summed E-state index contributed by atoms with van der Waals surface area (Å²) in [7, 11) is 4.40. The van der Waals surface area contributed by atoms with Crippen LogP contribution < -0.4 is 9.84 Å². The Morgan fingerprint density at radius 2 is 1.69 bits per heavy atom. The molecule has 1 aromatic heterocycles. The first-order chi connectivity index (χ1) is 17.4. The van der Waals surface area contributed by atoms with E-state index < -0.39 is 12.1 Å². The molecule has 1 saturated carbocycles. The zero-order valence-corrected chi connectivity index (χ0v) is 22.0. The van der Waals surface area contributed by atoms with Gasteiger partial charge in [0.15, 0.2) is 10.8 Å². The molecule has 8 heteroatoms. The van der Waals surface area contributed by atoms with Crippen LogP contribution in [0.2, 0.25) is 0 Å². The smallest absolute Gasteiger partial charge is 0.197 e. The van der Waals surface area contributed by atoms with Crippen LogP contribution in [0.15, 0.2) is 60.7 Å². The van der Waals surface area contributed by atoms with E-state index in [1.807, 2.05) is 60.7 Å². The molecule has 1 aliphatic rings. The number of ether oxygens (including phenoxy) is 1. The van der Waals surface area contributed by atoms with Crippen molar-refractivity contribution in [2.75, 3.05) is 27.2 Å². The normalized spacial score (nSPS) is 15.9. The first-order valence-electron chi connectivity index (χ1n) is 12.6. The van der Waals surface area contributed by atoms with Gasteiger partial charge in [0.1, 0.15) is 17.9 Å². The van der Waals surface area contributed by atoms with Crippen molar-refractivity contribution >= 4 is 18.0 Å². The molecule has 0 bridgehead atoms. The molecule has 3 aromatic rings. The van der Waals surface area contributed by atoms with Crippen LogP contribution in [0.25, 0.3) is 0 Å². The van der Waals surface area contributed by atoms with Gasteiger partial charge in [-0.2, -0.15) is 4.37 Å². The van der Waals surface area contributed by atoms with Crippen molar-refractivity contribution in [3.8, 4) is 5.75 Å². The van der Waals surface area contributed by atoms with E-state index in [9.17, 15) is 5.11 Å². The topological polar surface area (TPSA) is 95.4 Å². The summed E-state index contributed by atoms with van der Waals surface area (Å²) in [5.74, 6) is 1.91. The number of hydrogen-bond donors (Lipinski definition) is 1. The molecule has 4 rings (SSSR count). The fourth-order valence-corrected chi connectivity index (χ4v) is 5.74. The third-order valence-corrected chi connectivity index (χ3v) is 7.57. The van der Waals surface area contributed by atoms with E-state index in [1.165, 1.54) is 30.8 Å². The number of nitrogens with zero attached hydrogens (tertiary/aromatic N) is 3. The van der Waals surface area contributed by atoms with Crippen molar-refractivity contribution in [2.24, 2.45) is 5.92 Å². The highest BCUT2D eigenvalue weighted by atomic mass is 32.1. The van der Waals surface area contributed by atoms with E-state index in [-0.39, 0.29) is 5.92 Å². The average Bonchev–Trinajstić information content (AvgIpc) is 3.36. The third kappa shape index (κ3) is 7.59. The molecule has 0 saturated heterocycles. The Morgan fingerprint density at radius 1 is 1.08 bits per heavy atom. The molecule has 0 spiro atoms. The number of carbonyl (C=O) groups is 1. The zero-order chi connectivity index (χ0) is 25.9. The number of carbonyl (C=O) groups excluding carboxylic acids is 1. The van der Waals surface area contributed by atoms with Crippen molar-refractivity contribution < 1.29 is 24.2 Å². The highest BCUT2D eigenvalue weighted by Gasteiger charge is 2.43. The number of aliphatic hydroxyl groups is 1. The van der Waals surface area contributed by atoms with E-state index in [1.54, 1.807) is 0 Å². The Bertz CT molecular complexity index is 1040. The van der Waals surface area contributed by atoms with Crippen molar-refractivity contribution in [3.63, 3.8) is 0 Å². The minimum Gasteiger partial charge on any atom is -0.554 e. The number of para-hydroxylation sites is 1. The minimum absolute atomic E-state index is 0.187. The molecule has 2 aromatic carbocycles. The molecule has 1 heterocycles. The van der Waals surface area contributed by atoms with Gasteiger partial charge < -0.3 is 24.2 Å². The van der Waals surface area contributed by atoms with Crippen LogP contribution in [-0.4, -0.2) is 52.7 Å². The highest BCUT2D eigenvalue weighted by molar-refractivity contribution is 7.05. The Hall–Kier alpha value is -2.81. The monoisotopic (exact) mass is 511 g/mol. The van der Waals surface area contributed by atoms with Crippen molar-refractivity contribution in [3.05, 3.63) is 77.1 Å². The van der Waals surface area contributed by atoms with E-state index >= 15 is 0 Å². The summed E-state index contributed by atoms with van der Waals surface area (Å²) >= 11 is 1.37. The van der Waals surface area contributed by atoms with Crippen LogP contribution in [-0.2, 0) is 16.9 Å². The number of hydrogen-bond acceptors (Lipinski definition) is 7. The summed E-state index contributed by atoms with van der Waals surface area (Å²) in [6.45, 7) is 1.89. The van der Waals surface area contributed by atoms with Gasteiger partial charge in [0.05, 0.1) is 27.2 Å². The van der Waals surface area contributed by atoms with Crippen molar-refractivity contribution in [1.29, 1.82) is 0 Å². The summed E-state index contributed by atoms with van der Waals surface area (Å²) in [6, 6.07) is 20.0. The van der Waals surface area contributed by atoms with Crippen molar-refractivity contribution in [1.82, 2.24) is 9.36 Å². The standard InChI is InChI=1S/C27H36N3O2S.CH2O2/c1-30(2,19-12-20-32-24-17-10-5-11-18-24)21-25-28-26(33-29-25)27(31,22-13-6-3-7-14-22)23-15-8-4-9-16-23;2-1-3/h3,5-7,10-11,13-14,17-18,23,31H,4,8-9,12,15-16,19-21H2,1-2H3;1H,(H,2,3)/q+1;/p-1. The summed E-state index contributed by atoms with van der Waals surface area (Å²) in [5.41, 5.74) is -0.121. The van der Waals surface area contributed by atoms with Gasteiger partial charge in [0, 0.05) is 12.9 Å². The molecule has 194 valence electrons. The van der Waals surface area contributed by atoms with Gasteiger partial charge in [-0.15, -0.1) is 0 Å². The second-order valence-electron chi connectivity index (χ2n) is 9.91. The van der Waals surface area contributed by atoms with Crippen LogP contribution in [0, 0.1) is 5.92 Å². The van der Waals surface area contributed by atoms with E-state index in [0.717, 1.165) is 59.0 Å². The Morgan fingerprint density at radius 3 is 2.33 bits per heavy atom. The van der Waals surface area contributed by atoms with Crippen molar-refractivity contribution in [2.45, 2.75) is 50.7 Å². The predicted octanol–water partition coefficient (Wildman–Crippen LogP) is 3.77. The van der Waals surface area contributed by atoms with Crippen LogP contribution in [0.3, 0.4) is 0 Å². The molecule has 1 aliphatic carbocycles. The van der Waals surface area contributed by atoms with Gasteiger partial charge in [-0.05, 0) is 48.0 Å². The predicted molar refractivity (Wildman–Crippen MR) is 139 cm³/mol. The fourth-order valence-electron chi connectivity index (χ4n) is 4.88. The zero-order valence-electron chi connectivity index (χ0n) is 21.2.